The average Bonchev–Trinajstić information content (AvgIpc) is 3.35. The number of alkyl carbamates (subject to hydrolysis) is 1. The van der Waals surface area contributed by atoms with Crippen molar-refractivity contribution >= 4 is 29.2 Å². The van der Waals surface area contributed by atoms with Gasteiger partial charge in [-0.15, -0.1) is 11.3 Å². The second-order valence-corrected chi connectivity index (χ2v) is 8.45. The van der Waals surface area contributed by atoms with Crippen LogP contribution < -0.4 is 10.6 Å². The largest absolute Gasteiger partial charge is 0.446 e. The molecule has 0 radical (unpaired) electrons. The van der Waals surface area contributed by atoms with E-state index in [1.165, 1.54) is 11.3 Å². The molecule has 8 nitrogen and oxygen atoms in total. The van der Waals surface area contributed by atoms with Crippen molar-refractivity contribution in [2.45, 2.75) is 57.2 Å². The number of nitrogens with one attached hydrogen (secondary N) is 3. The molecule has 1 saturated carbocycles. The molecule has 0 saturated heterocycles. The van der Waals surface area contributed by atoms with Gasteiger partial charge in [-0.1, -0.05) is 0 Å². The minimum atomic E-state index is -4.32. The maximum atomic E-state index is 12.1. The smallest absolute Gasteiger partial charge is 0.407 e. The Morgan fingerprint density at radius 2 is 2.17 bits per heavy atom. The third-order valence-electron chi connectivity index (χ3n) is 4.62. The van der Waals surface area contributed by atoms with Gasteiger partial charge in [0.25, 0.3) is 0 Å². The van der Waals surface area contributed by atoms with E-state index in [4.69, 9.17) is 4.74 Å². The van der Waals surface area contributed by atoms with Crippen LogP contribution in [-0.4, -0.2) is 46.0 Å². The fraction of sp³-hybridized carbons (Fsp3) is 0.556. The standard InChI is InChI=1S/C18H22F3N5O3S/c1-10-9-23-16(30-10)8-15(27)24-14-7-13(25-26-14)11-2-3-12(6-11)29-17(28)22-5-4-18(19,20)21/h7,9,11-12H,2-6,8H2,1H3,(H,22,28)(H2,24,25,26,27). The minimum absolute atomic E-state index is 0.0535. The van der Waals surface area contributed by atoms with E-state index in [0.717, 1.165) is 22.0 Å². The van der Waals surface area contributed by atoms with Crippen LogP contribution in [0.3, 0.4) is 0 Å². The van der Waals surface area contributed by atoms with Gasteiger partial charge in [0.2, 0.25) is 5.91 Å². The molecular weight excluding hydrogens is 423 g/mol. The monoisotopic (exact) mass is 445 g/mol. The van der Waals surface area contributed by atoms with Crippen LogP contribution >= 0.6 is 11.3 Å². The van der Waals surface area contributed by atoms with Crippen LogP contribution in [0.1, 0.15) is 47.2 Å². The summed E-state index contributed by atoms with van der Waals surface area (Å²) in [4.78, 5) is 28.9. The summed E-state index contributed by atoms with van der Waals surface area (Å²) in [5, 5.41) is 12.5. The summed E-state index contributed by atoms with van der Waals surface area (Å²) in [5.41, 5.74) is 0.805. The Morgan fingerprint density at radius 3 is 2.87 bits per heavy atom. The van der Waals surface area contributed by atoms with E-state index in [0.29, 0.717) is 18.7 Å². The molecule has 3 rings (SSSR count). The maximum Gasteiger partial charge on any atom is 0.407 e. The maximum absolute atomic E-state index is 12.1. The number of aromatic amines is 1. The first-order valence-electron chi connectivity index (χ1n) is 9.45. The molecule has 2 atom stereocenters. The zero-order valence-corrected chi connectivity index (χ0v) is 17.0. The molecule has 0 aliphatic heterocycles. The lowest BCUT2D eigenvalue weighted by Gasteiger charge is -2.13. The van der Waals surface area contributed by atoms with Gasteiger partial charge in [0.15, 0.2) is 5.82 Å². The number of hydrogen-bond donors (Lipinski definition) is 3. The van der Waals surface area contributed by atoms with E-state index in [1.807, 2.05) is 6.92 Å². The molecular formula is C18H22F3N5O3S. The summed E-state index contributed by atoms with van der Waals surface area (Å²) in [5.74, 6) is 0.237. The molecule has 0 bridgehead atoms. The van der Waals surface area contributed by atoms with Gasteiger partial charge >= 0.3 is 12.3 Å². The van der Waals surface area contributed by atoms with E-state index >= 15 is 0 Å². The topological polar surface area (TPSA) is 109 Å². The summed E-state index contributed by atoms with van der Waals surface area (Å²) < 4.78 is 41.5. The number of H-pyrrole nitrogens is 1. The third kappa shape index (κ3) is 6.71. The number of carbonyl (C=O) groups excluding carboxylic acids is 2. The first kappa shape index (κ1) is 22.1. The third-order valence-corrected chi connectivity index (χ3v) is 5.53. The number of anilines is 1. The summed E-state index contributed by atoms with van der Waals surface area (Å²) in [6.07, 6.45) is -2.90. The van der Waals surface area contributed by atoms with E-state index in [2.05, 4.69) is 25.8 Å². The van der Waals surface area contributed by atoms with Gasteiger partial charge < -0.3 is 15.4 Å². The number of hydrogen-bond acceptors (Lipinski definition) is 6. The van der Waals surface area contributed by atoms with Crippen molar-refractivity contribution in [2.75, 3.05) is 11.9 Å². The van der Waals surface area contributed by atoms with Crippen molar-refractivity contribution < 1.29 is 27.5 Å². The number of carbonyl (C=O) groups is 2. The molecule has 1 aliphatic rings. The molecule has 2 heterocycles. The Kier molecular flexibility index (Phi) is 6.95. The predicted octanol–water partition coefficient (Wildman–Crippen LogP) is 3.67. The van der Waals surface area contributed by atoms with Crippen LogP contribution in [0.2, 0.25) is 0 Å². The summed E-state index contributed by atoms with van der Waals surface area (Å²) >= 11 is 1.46. The average molecular weight is 445 g/mol. The molecule has 1 aliphatic carbocycles. The van der Waals surface area contributed by atoms with Gasteiger partial charge in [0.05, 0.1) is 12.8 Å². The zero-order chi connectivity index (χ0) is 21.7. The van der Waals surface area contributed by atoms with E-state index in [-0.39, 0.29) is 24.3 Å². The highest BCUT2D eigenvalue weighted by molar-refractivity contribution is 7.11. The molecule has 12 heteroatoms. The van der Waals surface area contributed by atoms with Gasteiger partial charge in [-0.25, -0.2) is 9.78 Å². The Balaban J connectivity index is 1.42. The van der Waals surface area contributed by atoms with Crippen molar-refractivity contribution in [1.29, 1.82) is 0 Å². The van der Waals surface area contributed by atoms with Gasteiger partial charge in [-0.05, 0) is 26.2 Å². The molecule has 0 aromatic carbocycles. The number of nitrogens with zero attached hydrogens (tertiary/aromatic N) is 2. The number of amides is 2. The number of halogens is 3. The van der Waals surface area contributed by atoms with Crippen molar-refractivity contribution in [3.8, 4) is 0 Å². The van der Waals surface area contributed by atoms with Gasteiger partial charge in [-0.3, -0.25) is 9.89 Å². The predicted molar refractivity (Wildman–Crippen MR) is 103 cm³/mol. The highest BCUT2D eigenvalue weighted by Gasteiger charge is 2.31. The molecule has 3 N–H and O–H groups in total. The number of alkyl halides is 3. The van der Waals surface area contributed by atoms with Crippen LogP contribution in [0.4, 0.5) is 23.8 Å². The highest BCUT2D eigenvalue weighted by Crippen LogP contribution is 2.35. The second-order valence-electron chi connectivity index (χ2n) is 7.13. The molecule has 2 aromatic rings. The van der Waals surface area contributed by atoms with E-state index in [1.54, 1.807) is 12.3 Å². The van der Waals surface area contributed by atoms with Crippen LogP contribution in [0.25, 0.3) is 0 Å². The van der Waals surface area contributed by atoms with Crippen molar-refractivity contribution in [3.05, 3.63) is 27.8 Å². The van der Waals surface area contributed by atoms with Crippen LogP contribution in [0, 0.1) is 6.92 Å². The fourth-order valence-electron chi connectivity index (χ4n) is 3.25. The number of aromatic nitrogens is 3. The van der Waals surface area contributed by atoms with Gasteiger partial charge in [0, 0.05) is 35.3 Å². The number of thiazole rings is 1. The van der Waals surface area contributed by atoms with Crippen molar-refractivity contribution in [3.63, 3.8) is 0 Å². The minimum Gasteiger partial charge on any atom is -0.446 e. The molecule has 2 aromatic heterocycles. The molecule has 164 valence electrons. The molecule has 0 spiro atoms. The van der Waals surface area contributed by atoms with E-state index < -0.39 is 25.2 Å². The lowest BCUT2D eigenvalue weighted by molar-refractivity contribution is -0.133. The van der Waals surface area contributed by atoms with Crippen LogP contribution in [-0.2, 0) is 16.0 Å². The highest BCUT2D eigenvalue weighted by atomic mass is 32.1. The Hall–Kier alpha value is -2.63. The molecule has 2 amide bonds. The first-order chi connectivity index (χ1) is 14.2. The van der Waals surface area contributed by atoms with Gasteiger partial charge in [-0.2, -0.15) is 18.3 Å². The first-order valence-corrected chi connectivity index (χ1v) is 10.3. The van der Waals surface area contributed by atoms with Gasteiger partial charge in [0.1, 0.15) is 11.1 Å². The summed E-state index contributed by atoms with van der Waals surface area (Å²) in [6, 6.07) is 1.74. The Labute approximate surface area is 174 Å². The summed E-state index contributed by atoms with van der Waals surface area (Å²) in [7, 11) is 0. The van der Waals surface area contributed by atoms with Crippen LogP contribution in [0.5, 0.6) is 0 Å². The zero-order valence-electron chi connectivity index (χ0n) is 16.2. The molecule has 30 heavy (non-hydrogen) atoms. The molecule has 1 fully saturated rings. The SMILES string of the molecule is Cc1cnc(CC(=O)Nc2cc(C3CCC(OC(=O)NCCC(F)(F)F)C3)[nH]n2)s1. The van der Waals surface area contributed by atoms with Crippen molar-refractivity contribution in [1.82, 2.24) is 20.5 Å². The van der Waals surface area contributed by atoms with Crippen molar-refractivity contribution in [2.24, 2.45) is 0 Å². The normalized spacial score (nSPS) is 18.9. The second kappa shape index (κ2) is 9.45. The lowest BCUT2D eigenvalue weighted by Crippen LogP contribution is -2.31. The molecule has 2 unspecified atom stereocenters. The lowest BCUT2D eigenvalue weighted by atomic mass is 10.0. The number of rotatable bonds is 7. The number of aryl methyl sites for hydroxylation is 1. The fourth-order valence-corrected chi connectivity index (χ4v) is 4.03. The Bertz CT molecular complexity index is 883. The van der Waals surface area contributed by atoms with Crippen LogP contribution in [0.15, 0.2) is 12.3 Å². The quantitative estimate of drug-likeness (QED) is 0.603. The number of ether oxygens (including phenoxy) is 1. The van der Waals surface area contributed by atoms with E-state index in [9.17, 15) is 22.8 Å². The Morgan fingerprint density at radius 1 is 1.37 bits per heavy atom. The summed E-state index contributed by atoms with van der Waals surface area (Å²) in [6.45, 7) is 1.41.